The maximum Gasteiger partial charge on any atom is 0.193 e. The van der Waals surface area contributed by atoms with Crippen LogP contribution in [0.5, 0.6) is 0 Å². The minimum Gasteiger partial charge on any atom is -0.392 e. The summed E-state index contributed by atoms with van der Waals surface area (Å²) in [7, 11) is 1.86. The summed E-state index contributed by atoms with van der Waals surface area (Å²) in [6.07, 6.45) is 6.58. The molecule has 1 spiro atoms. The van der Waals surface area contributed by atoms with E-state index in [9.17, 15) is 5.11 Å². The molecule has 22 heavy (non-hydrogen) atoms. The lowest BCUT2D eigenvalue weighted by Crippen LogP contribution is -2.49. The first-order valence-electron chi connectivity index (χ1n) is 8.78. The smallest absolute Gasteiger partial charge is 0.193 e. The highest BCUT2D eigenvalue weighted by Gasteiger charge is 2.42. The van der Waals surface area contributed by atoms with Crippen molar-refractivity contribution in [3.63, 3.8) is 0 Å². The Bertz CT molecular complexity index is 420. The number of rotatable bonds is 2. The van der Waals surface area contributed by atoms with E-state index in [4.69, 9.17) is 4.74 Å². The van der Waals surface area contributed by atoms with Crippen LogP contribution < -0.4 is 5.32 Å². The quantitative estimate of drug-likeness (QED) is 0.601. The highest BCUT2D eigenvalue weighted by atomic mass is 16.5. The van der Waals surface area contributed by atoms with E-state index in [1.165, 1.54) is 19.3 Å². The van der Waals surface area contributed by atoms with E-state index >= 15 is 0 Å². The van der Waals surface area contributed by atoms with Crippen molar-refractivity contribution in [3.8, 4) is 0 Å². The Morgan fingerprint density at radius 1 is 1.36 bits per heavy atom. The number of likely N-dealkylation sites (tertiary alicyclic amines) is 1. The van der Waals surface area contributed by atoms with E-state index in [0.29, 0.717) is 5.41 Å². The zero-order chi connectivity index (χ0) is 15.6. The summed E-state index contributed by atoms with van der Waals surface area (Å²) in [5, 5.41) is 13.9. The topological polar surface area (TPSA) is 57.1 Å². The van der Waals surface area contributed by atoms with Gasteiger partial charge in [-0.3, -0.25) is 4.99 Å². The highest BCUT2D eigenvalue weighted by Crippen LogP contribution is 2.38. The summed E-state index contributed by atoms with van der Waals surface area (Å²) >= 11 is 0. The molecular weight excluding hydrogens is 278 g/mol. The third-order valence-electron chi connectivity index (χ3n) is 6.06. The Morgan fingerprint density at radius 3 is 2.91 bits per heavy atom. The number of aliphatic hydroxyl groups excluding tert-OH is 1. The van der Waals surface area contributed by atoms with Crippen LogP contribution >= 0.6 is 0 Å². The molecule has 2 heterocycles. The SMILES string of the molecule is CN=C(NCC1(C)CCCCC1O)N1CCC2(CCOC2)C1. The molecule has 3 aliphatic rings. The van der Waals surface area contributed by atoms with Crippen LogP contribution in [0.25, 0.3) is 0 Å². The van der Waals surface area contributed by atoms with Crippen LogP contribution in [0.4, 0.5) is 0 Å². The van der Waals surface area contributed by atoms with Gasteiger partial charge in [0.05, 0.1) is 12.7 Å². The van der Waals surface area contributed by atoms with Gasteiger partial charge in [0.2, 0.25) is 0 Å². The van der Waals surface area contributed by atoms with Crippen LogP contribution in [0.2, 0.25) is 0 Å². The zero-order valence-corrected chi connectivity index (χ0v) is 14.1. The summed E-state index contributed by atoms with van der Waals surface area (Å²) < 4.78 is 5.61. The second kappa shape index (κ2) is 6.36. The molecule has 0 bridgehead atoms. The summed E-state index contributed by atoms with van der Waals surface area (Å²) in [6.45, 7) is 6.92. The number of aliphatic hydroxyl groups is 1. The van der Waals surface area contributed by atoms with Crippen molar-refractivity contribution in [2.75, 3.05) is 39.9 Å². The predicted molar refractivity (Wildman–Crippen MR) is 88.0 cm³/mol. The summed E-state index contributed by atoms with van der Waals surface area (Å²) in [5.74, 6) is 0.989. The van der Waals surface area contributed by atoms with Crippen LogP contribution in [0, 0.1) is 10.8 Å². The fourth-order valence-electron chi connectivity index (χ4n) is 4.29. The van der Waals surface area contributed by atoms with Gasteiger partial charge in [-0.15, -0.1) is 0 Å². The number of nitrogens with zero attached hydrogens (tertiary/aromatic N) is 2. The van der Waals surface area contributed by atoms with E-state index in [0.717, 1.165) is 58.1 Å². The number of aliphatic imine (C=N–C) groups is 1. The van der Waals surface area contributed by atoms with Gasteiger partial charge >= 0.3 is 0 Å². The van der Waals surface area contributed by atoms with E-state index in [-0.39, 0.29) is 11.5 Å². The molecule has 1 aliphatic carbocycles. The Morgan fingerprint density at radius 2 is 2.23 bits per heavy atom. The minimum atomic E-state index is -0.194. The first-order valence-corrected chi connectivity index (χ1v) is 8.78. The van der Waals surface area contributed by atoms with Gasteiger partial charge in [0.25, 0.3) is 0 Å². The van der Waals surface area contributed by atoms with Gasteiger partial charge in [-0.25, -0.2) is 0 Å². The van der Waals surface area contributed by atoms with E-state index in [1.54, 1.807) is 0 Å². The Balaban J connectivity index is 1.56. The van der Waals surface area contributed by atoms with Crippen LogP contribution in [-0.4, -0.2) is 62.0 Å². The molecule has 0 radical (unpaired) electrons. The van der Waals surface area contributed by atoms with Crippen LogP contribution in [-0.2, 0) is 4.74 Å². The lowest BCUT2D eigenvalue weighted by Gasteiger charge is -2.39. The molecule has 5 nitrogen and oxygen atoms in total. The highest BCUT2D eigenvalue weighted by molar-refractivity contribution is 5.80. The summed E-state index contributed by atoms with van der Waals surface area (Å²) in [4.78, 5) is 6.84. The summed E-state index contributed by atoms with van der Waals surface area (Å²) in [5.41, 5.74) is 0.327. The largest absolute Gasteiger partial charge is 0.392 e. The van der Waals surface area contributed by atoms with E-state index < -0.39 is 0 Å². The molecule has 5 heteroatoms. The average Bonchev–Trinajstić information content (AvgIpc) is 3.14. The molecular formula is C17H31N3O2. The van der Waals surface area contributed by atoms with Gasteiger partial charge in [-0.2, -0.15) is 0 Å². The van der Waals surface area contributed by atoms with Crippen LogP contribution in [0.15, 0.2) is 4.99 Å². The average molecular weight is 309 g/mol. The number of nitrogens with one attached hydrogen (secondary N) is 1. The first kappa shape index (κ1) is 16.1. The minimum absolute atomic E-state index is 0.0257. The van der Waals surface area contributed by atoms with Crippen molar-refractivity contribution in [1.82, 2.24) is 10.2 Å². The summed E-state index contributed by atoms with van der Waals surface area (Å²) in [6, 6.07) is 0. The van der Waals surface area contributed by atoms with Gasteiger partial charge in [0, 0.05) is 44.1 Å². The lowest BCUT2D eigenvalue weighted by molar-refractivity contribution is 0.00367. The predicted octanol–water partition coefficient (Wildman–Crippen LogP) is 1.62. The second-order valence-electron chi connectivity index (χ2n) is 7.79. The molecule has 2 N–H and O–H groups in total. The molecule has 0 aromatic carbocycles. The lowest BCUT2D eigenvalue weighted by atomic mass is 9.73. The molecule has 3 unspecified atom stereocenters. The number of guanidine groups is 1. The maximum atomic E-state index is 10.3. The van der Waals surface area contributed by atoms with Gasteiger partial charge in [-0.05, 0) is 25.7 Å². The van der Waals surface area contributed by atoms with Gasteiger partial charge in [0.15, 0.2) is 5.96 Å². The second-order valence-corrected chi connectivity index (χ2v) is 7.79. The fourth-order valence-corrected chi connectivity index (χ4v) is 4.29. The zero-order valence-electron chi connectivity index (χ0n) is 14.1. The first-order chi connectivity index (χ1) is 10.6. The van der Waals surface area contributed by atoms with Crippen LogP contribution in [0.3, 0.4) is 0 Å². The molecule has 3 rings (SSSR count). The van der Waals surface area contributed by atoms with E-state index in [2.05, 4.69) is 22.1 Å². The van der Waals surface area contributed by atoms with E-state index in [1.807, 2.05) is 7.05 Å². The van der Waals surface area contributed by atoms with Crippen molar-refractivity contribution >= 4 is 5.96 Å². The third kappa shape index (κ3) is 3.11. The van der Waals surface area contributed by atoms with Crippen molar-refractivity contribution in [1.29, 1.82) is 0 Å². The fraction of sp³-hybridized carbons (Fsp3) is 0.941. The molecule has 0 aromatic heterocycles. The molecule has 3 fully saturated rings. The monoisotopic (exact) mass is 309 g/mol. The van der Waals surface area contributed by atoms with Gasteiger partial charge in [0.1, 0.15) is 0 Å². The Labute approximate surface area is 134 Å². The normalized spacial score (nSPS) is 39.7. The molecule has 2 aliphatic heterocycles. The molecule has 1 saturated carbocycles. The molecule has 3 atom stereocenters. The molecule has 126 valence electrons. The number of hydrogen-bond donors (Lipinski definition) is 2. The maximum absolute atomic E-state index is 10.3. The molecule has 0 aromatic rings. The number of hydrogen-bond acceptors (Lipinski definition) is 3. The third-order valence-corrected chi connectivity index (χ3v) is 6.06. The Kier molecular flexibility index (Phi) is 4.64. The van der Waals surface area contributed by atoms with Crippen molar-refractivity contribution < 1.29 is 9.84 Å². The standard InChI is InChI=1S/C17H31N3O2/c1-16(6-4-3-5-14(16)21)11-19-15(18-2)20-9-7-17(12-20)8-10-22-13-17/h14,21H,3-13H2,1-2H3,(H,18,19). The van der Waals surface area contributed by atoms with Crippen molar-refractivity contribution in [2.24, 2.45) is 15.8 Å². The van der Waals surface area contributed by atoms with Gasteiger partial charge < -0.3 is 20.1 Å². The van der Waals surface area contributed by atoms with Crippen molar-refractivity contribution in [3.05, 3.63) is 0 Å². The van der Waals surface area contributed by atoms with Crippen molar-refractivity contribution in [2.45, 2.75) is 51.6 Å². The number of ether oxygens (including phenoxy) is 1. The Hall–Kier alpha value is -0.810. The van der Waals surface area contributed by atoms with Gasteiger partial charge in [-0.1, -0.05) is 19.8 Å². The van der Waals surface area contributed by atoms with Crippen LogP contribution in [0.1, 0.15) is 45.4 Å². The molecule has 0 amide bonds. The molecule has 2 saturated heterocycles.